The molecule has 1 fully saturated rings. The second-order valence-electron chi connectivity index (χ2n) is 6.22. The first-order valence-electron chi connectivity index (χ1n) is 6.54. The van der Waals surface area contributed by atoms with Gasteiger partial charge in [0.15, 0.2) is 0 Å². The van der Waals surface area contributed by atoms with Gasteiger partial charge in [-0.3, -0.25) is 0 Å². The molecule has 0 spiro atoms. The molecule has 1 aromatic carbocycles. The number of hydrogen-bond donors (Lipinski definition) is 1. The van der Waals surface area contributed by atoms with E-state index >= 15 is 0 Å². The van der Waals surface area contributed by atoms with Crippen molar-refractivity contribution in [3.63, 3.8) is 0 Å². The monoisotopic (exact) mass is 327 g/mol. The average Bonchev–Trinajstić information content (AvgIpc) is 2.47. The summed E-state index contributed by atoms with van der Waals surface area (Å²) >= 11 is 3.51. The number of rotatable bonds is 3. The van der Waals surface area contributed by atoms with Gasteiger partial charge in [-0.25, -0.2) is 0 Å². The Balaban J connectivity index is 2.15. The van der Waals surface area contributed by atoms with E-state index in [4.69, 9.17) is 9.47 Å². The van der Waals surface area contributed by atoms with Crippen LogP contribution in [0.2, 0.25) is 0 Å². The van der Waals surface area contributed by atoms with E-state index in [1.807, 2.05) is 18.2 Å². The Hall–Kier alpha value is -0.740. The van der Waals surface area contributed by atoms with Crippen LogP contribution in [0, 0.1) is 0 Å². The maximum Gasteiger partial charge on any atom is 0.133 e. The molecule has 0 aliphatic carbocycles. The molecule has 106 valence electrons. The number of nitrogens with one attached hydrogen (secondary N) is 1. The summed E-state index contributed by atoms with van der Waals surface area (Å²) in [4.78, 5) is 0. The molecule has 0 aromatic heterocycles. The van der Waals surface area contributed by atoms with Gasteiger partial charge in [-0.2, -0.15) is 0 Å². The van der Waals surface area contributed by atoms with Crippen LogP contribution in [0.3, 0.4) is 0 Å². The summed E-state index contributed by atoms with van der Waals surface area (Å²) in [5, 5.41) is 3.57. The molecule has 1 atom stereocenters. The van der Waals surface area contributed by atoms with Crippen molar-refractivity contribution < 1.29 is 9.47 Å². The minimum atomic E-state index is -0.171. The van der Waals surface area contributed by atoms with Gasteiger partial charge in [0.05, 0.1) is 28.8 Å². The number of anilines is 1. The molecule has 1 unspecified atom stereocenters. The SMILES string of the molecule is COc1ccc(NC2CC(C)(C)OC2(C)C)cc1Br. The first-order chi connectivity index (χ1) is 8.73. The van der Waals surface area contributed by atoms with Crippen LogP contribution in [0.4, 0.5) is 5.69 Å². The van der Waals surface area contributed by atoms with Gasteiger partial charge in [-0.1, -0.05) is 0 Å². The first-order valence-corrected chi connectivity index (χ1v) is 7.33. The molecule has 1 aliphatic rings. The molecule has 0 amide bonds. The third kappa shape index (κ3) is 3.23. The van der Waals surface area contributed by atoms with E-state index in [9.17, 15) is 0 Å². The summed E-state index contributed by atoms with van der Waals surface area (Å²) in [6.07, 6.45) is 0.990. The molecule has 1 heterocycles. The van der Waals surface area contributed by atoms with Crippen molar-refractivity contribution in [1.29, 1.82) is 0 Å². The number of ether oxygens (including phenoxy) is 2. The van der Waals surface area contributed by atoms with Crippen LogP contribution in [0.1, 0.15) is 34.1 Å². The number of hydrogen-bond acceptors (Lipinski definition) is 3. The van der Waals surface area contributed by atoms with E-state index in [0.717, 1.165) is 22.3 Å². The molecule has 1 saturated heterocycles. The van der Waals surface area contributed by atoms with Crippen LogP contribution in [-0.2, 0) is 4.74 Å². The van der Waals surface area contributed by atoms with Gasteiger partial charge in [-0.15, -0.1) is 0 Å². The first kappa shape index (κ1) is 14.7. The zero-order valence-corrected chi connectivity index (χ0v) is 13.8. The molecule has 2 rings (SSSR count). The van der Waals surface area contributed by atoms with E-state index in [1.54, 1.807) is 7.11 Å². The minimum Gasteiger partial charge on any atom is -0.496 e. The molecular weight excluding hydrogens is 306 g/mol. The molecule has 1 aliphatic heterocycles. The van der Waals surface area contributed by atoms with E-state index < -0.39 is 0 Å². The molecular formula is C15H22BrNO2. The summed E-state index contributed by atoms with van der Waals surface area (Å²) < 4.78 is 12.3. The van der Waals surface area contributed by atoms with Crippen molar-refractivity contribution in [2.45, 2.75) is 51.4 Å². The fraction of sp³-hybridized carbons (Fsp3) is 0.600. The van der Waals surface area contributed by atoms with Gasteiger partial charge in [0.1, 0.15) is 5.75 Å². The second-order valence-corrected chi connectivity index (χ2v) is 7.07. The highest BCUT2D eigenvalue weighted by molar-refractivity contribution is 9.10. The summed E-state index contributed by atoms with van der Waals surface area (Å²) in [6, 6.07) is 6.33. The summed E-state index contributed by atoms with van der Waals surface area (Å²) in [5.41, 5.74) is 0.827. The molecule has 3 nitrogen and oxygen atoms in total. The maximum absolute atomic E-state index is 6.10. The van der Waals surface area contributed by atoms with Crippen LogP contribution in [0.15, 0.2) is 22.7 Å². The molecule has 1 N–H and O–H groups in total. The smallest absolute Gasteiger partial charge is 0.133 e. The predicted molar refractivity (Wildman–Crippen MR) is 82.0 cm³/mol. The number of halogens is 1. The van der Waals surface area contributed by atoms with Crippen molar-refractivity contribution in [1.82, 2.24) is 0 Å². The maximum atomic E-state index is 6.10. The Kier molecular flexibility index (Phi) is 3.85. The van der Waals surface area contributed by atoms with E-state index in [1.165, 1.54) is 0 Å². The van der Waals surface area contributed by atoms with E-state index in [0.29, 0.717) is 6.04 Å². The van der Waals surface area contributed by atoms with Crippen LogP contribution in [0.25, 0.3) is 0 Å². The molecule has 1 aromatic rings. The zero-order chi connectivity index (χ0) is 14.3. The van der Waals surface area contributed by atoms with Crippen molar-refractivity contribution in [3.05, 3.63) is 22.7 Å². The Morgan fingerprint density at radius 2 is 2.00 bits per heavy atom. The quantitative estimate of drug-likeness (QED) is 0.901. The predicted octanol–water partition coefficient (Wildman–Crippen LogP) is 4.22. The van der Waals surface area contributed by atoms with Crippen molar-refractivity contribution in [2.24, 2.45) is 0 Å². The van der Waals surface area contributed by atoms with E-state index in [2.05, 4.69) is 48.9 Å². The van der Waals surface area contributed by atoms with Gasteiger partial charge >= 0.3 is 0 Å². The molecule has 0 saturated carbocycles. The lowest BCUT2D eigenvalue weighted by Crippen LogP contribution is -2.38. The lowest BCUT2D eigenvalue weighted by molar-refractivity contribution is -0.0662. The molecule has 4 heteroatoms. The van der Waals surface area contributed by atoms with Gasteiger partial charge in [-0.05, 0) is 68.2 Å². The Bertz CT molecular complexity index is 471. The van der Waals surface area contributed by atoms with Crippen LogP contribution < -0.4 is 10.1 Å². The van der Waals surface area contributed by atoms with Gasteiger partial charge in [0.2, 0.25) is 0 Å². The lowest BCUT2D eigenvalue weighted by atomic mass is 9.94. The third-order valence-corrected chi connectivity index (χ3v) is 4.19. The molecule has 0 radical (unpaired) electrons. The largest absolute Gasteiger partial charge is 0.496 e. The Morgan fingerprint density at radius 1 is 1.32 bits per heavy atom. The van der Waals surface area contributed by atoms with Crippen LogP contribution >= 0.6 is 15.9 Å². The normalized spacial score (nSPS) is 24.2. The Morgan fingerprint density at radius 3 is 2.47 bits per heavy atom. The zero-order valence-electron chi connectivity index (χ0n) is 12.2. The van der Waals surface area contributed by atoms with Crippen LogP contribution in [0.5, 0.6) is 5.75 Å². The van der Waals surface area contributed by atoms with Gasteiger partial charge in [0, 0.05) is 5.69 Å². The fourth-order valence-electron chi connectivity index (χ4n) is 2.74. The summed E-state index contributed by atoms with van der Waals surface area (Å²) in [7, 11) is 1.67. The van der Waals surface area contributed by atoms with Crippen molar-refractivity contribution in [2.75, 3.05) is 12.4 Å². The minimum absolute atomic E-state index is 0.0785. The third-order valence-electron chi connectivity index (χ3n) is 3.57. The number of benzene rings is 1. The lowest BCUT2D eigenvalue weighted by Gasteiger charge is -2.28. The molecule has 19 heavy (non-hydrogen) atoms. The fourth-order valence-corrected chi connectivity index (χ4v) is 3.29. The summed E-state index contributed by atoms with van der Waals surface area (Å²) in [5.74, 6) is 0.841. The second kappa shape index (κ2) is 4.98. The highest BCUT2D eigenvalue weighted by Gasteiger charge is 2.45. The highest BCUT2D eigenvalue weighted by atomic mass is 79.9. The summed E-state index contributed by atoms with van der Waals surface area (Å²) in [6.45, 7) is 8.55. The topological polar surface area (TPSA) is 30.5 Å². The Labute approximate surface area is 123 Å². The highest BCUT2D eigenvalue weighted by Crippen LogP contribution is 2.39. The standard InChI is InChI=1S/C15H22BrNO2/c1-14(2)9-13(15(3,4)19-14)17-10-6-7-12(18-5)11(16)8-10/h6-8,13,17H,9H2,1-5H3. The van der Waals surface area contributed by atoms with Crippen LogP contribution in [-0.4, -0.2) is 24.4 Å². The average molecular weight is 328 g/mol. The number of methoxy groups -OCH3 is 1. The molecule has 0 bridgehead atoms. The van der Waals surface area contributed by atoms with E-state index in [-0.39, 0.29) is 11.2 Å². The van der Waals surface area contributed by atoms with Crippen molar-refractivity contribution >= 4 is 21.6 Å². The van der Waals surface area contributed by atoms with Gasteiger partial charge < -0.3 is 14.8 Å². The van der Waals surface area contributed by atoms with Gasteiger partial charge in [0.25, 0.3) is 0 Å². The van der Waals surface area contributed by atoms with Crippen molar-refractivity contribution in [3.8, 4) is 5.75 Å².